The summed E-state index contributed by atoms with van der Waals surface area (Å²) in [6, 6.07) is 17.6. The summed E-state index contributed by atoms with van der Waals surface area (Å²) < 4.78 is 5.61. The first-order chi connectivity index (χ1) is 9.79. The maximum absolute atomic E-state index is 11.0. The molecule has 98 valence electrons. The van der Waals surface area contributed by atoms with E-state index in [-0.39, 0.29) is 5.89 Å². The van der Waals surface area contributed by atoms with E-state index in [2.05, 4.69) is 4.98 Å². The first kappa shape index (κ1) is 12.4. The number of nitrogens with zero attached hydrogens (tertiary/aromatic N) is 1. The number of aldehydes is 1. The minimum Gasteiger partial charge on any atom is -0.433 e. The summed E-state index contributed by atoms with van der Waals surface area (Å²) in [6.07, 6.45) is 0.633. The van der Waals surface area contributed by atoms with Crippen LogP contribution in [0.1, 0.15) is 16.2 Å². The second-order valence-electron chi connectivity index (χ2n) is 4.53. The Morgan fingerprint density at radius 2 is 1.70 bits per heavy atom. The zero-order valence-electron chi connectivity index (χ0n) is 11.0. The third-order valence-corrected chi connectivity index (χ3v) is 3.18. The van der Waals surface area contributed by atoms with Crippen molar-refractivity contribution >= 4 is 6.29 Å². The van der Waals surface area contributed by atoms with Crippen LogP contribution in [0.25, 0.3) is 22.6 Å². The molecule has 1 heterocycles. The molecule has 0 fully saturated rings. The van der Waals surface area contributed by atoms with Gasteiger partial charge in [0.05, 0.1) is 0 Å². The predicted molar refractivity (Wildman–Crippen MR) is 77.5 cm³/mol. The van der Waals surface area contributed by atoms with Crippen LogP contribution in [0.3, 0.4) is 0 Å². The molecule has 0 spiro atoms. The molecule has 3 rings (SSSR count). The first-order valence-corrected chi connectivity index (χ1v) is 6.37. The second kappa shape index (κ2) is 5.13. The van der Waals surface area contributed by atoms with Gasteiger partial charge in [-0.05, 0) is 12.5 Å². The van der Waals surface area contributed by atoms with Gasteiger partial charge < -0.3 is 4.42 Å². The van der Waals surface area contributed by atoms with Gasteiger partial charge in [0.2, 0.25) is 6.29 Å². The highest BCUT2D eigenvalue weighted by Crippen LogP contribution is 2.33. The summed E-state index contributed by atoms with van der Waals surface area (Å²) in [6.45, 7) is 2.01. The van der Waals surface area contributed by atoms with Gasteiger partial charge in [0, 0.05) is 11.1 Å². The molecular weight excluding hydrogens is 250 g/mol. The van der Waals surface area contributed by atoms with Crippen LogP contribution in [0.15, 0.2) is 59.0 Å². The third-order valence-electron chi connectivity index (χ3n) is 3.18. The molecule has 3 heteroatoms. The van der Waals surface area contributed by atoms with E-state index in [1.165, 1.54) is 0 Å². The van der Waals surface area contributed by atoms with Crippen LogP contribution in [-0.4, -0.2) is 11.3 Å². The summed E-state index contributed by atoms with van der Waals surface area (Å²) >= 11 is 0. The molecule has 0 unspecified atom stereocenters. The number of hydrogen-bond donors (Lipinski definition) is 0. The molecule has 20 heavy (non-hydrogen) atoms. The molecule has 0 amide bonds. The molecule has 0 saturated heterocycles. The molecule has 0 aliphatic carbocycles. The Bertz CT molecular complexity index is 745. The van der Waals surface area contributed by atoms with Crippen molar-refractivity contribution in [3.63, 3.8) is 0 Å². The maximum Gasteiger partial charge on any atom is 0.260 e. The van der Waals surface area contributed by atoms with Gasteiger partial charge in [-0.15, -0.1) is 0 Å². The van der Waals surface area contributed by atoms with E-state index in [0.29, 0.717) is 17.7 Å². The Labute approximate surface area is 116 Å². The average molecular weight is 263 g/mol. The van der Waals surface area contributed by atoms with Crippen LogP contribution in [0.5, 0.6) is 0 Å². The Morgan fingerprint density at radius 3 is 2.40 bits per heavy atom. The molecular formula is C17H13NO2. The number of aryl methyl sites for hydroxylation is 1. The molecule has 0 aliphatic heterocycles. The molecule has 3 aromatic rings. The SMILES string of the molecule is Cc1ccccc1-c1oc(C=O)nc1-c1ccccc1. The van der Waals surface area contributed by atoms with E-state index in [1.807, 2.05) is 61.5 Å². The molecule has 0 aliphatic rings. The number of rotatable bonds is 3. The van der Waals surface area contributed by atoms with E-state index >= 15 is 0 Å². The van der Waals surface area contributed by atoms with Crippen LogP contribution in [0.4, 0.5) is 0 Å². The zero-order valence-corrected chi connectivity index (χ0v) is 11.0. The summed E-state index contributed by atoms with van der Waals surface area (Å²) in [7, 11) is 0. The van der Waals surface area contributed by atoms with Crippen molar-refractivity contribution in [2.24, 2.45) is 0 Å². The molecule has 0 bridgehead atoms. The number of benzene rings is 2. The summed E-state index contributed by atoms with van der Waals surface area (Å²) in [5.41, 5.74) is 3.66. The smallest absolute Gasteiger partial charge is 0.260 e. The van der Waals surface area contributed by atoms with Crippen LogP contribution in [0.2, 0.25) is 0 Å². The van der Waals surface area contributed by atoms with Crippen molar-refractivity contribution < 1.29 is 9.21 Å². The normalized spacial score (nSPS) is 10.4. The molecule has 2 aromatic carbocycles. The van der Waals surface area contributed by atoms with Gasteiger partial charge in [0.25, 0.3) is 5.89 Å². The fourth-order valence-electron chi connectivity index (χ4n) is 2.19. The van der Waals surface area contributed by atoms with Crippen molar-refractivity contribution in [2.75, 3.05) is 0 Å². The maximum atomic E-state index is 11.0. The fourth-order valence-corrected chi connectivity index (χ4v) is 2.19. The number of carbonyl (C=O) groups excluding carboxylic acids is 1. The van der Waals surface area contributed by atoms with Crippen LogP contribution in [-0.2, 0) is 0 Å². The first-order valence-electron chi connectivity index (χ1n) is 6.37. The third kappa shape index (κ3) is 2.14. The van der Waals surface area contributed by atoms with E-state index in [0.717, 1.165) is 16.7 Å². The Morgan fingerprint density at radius 1 is 1.00 bits per heavy atom. The number of aromatic nitrogens is 1. The Hall–Kier alpha value is -2.68. The summed E-state index contributed by atoms with van der Waals surface area (Å²) in [5, 5.41) is 0. The molecule has 0 radical (unpaired) electrons. The van der Waals surface area contributed by atoms with E-state index in [9.17, 15) is 4.79 Å². The topological polar surface area (TPSA) is 43.1 Å². The second-order valence-corrected chi connectivity index (χ2v) is 4.53. The minimum atomic E-state index is 0.0992. The van der Waals surface area contributed by atoms with Gasteiger partial charge in [-0.3, -0.25) is 4.79 Å². The zero-order chi connectivity index (χ0) is 13.9. The molecule has 3 nitrogen and oxygen atoms in total. The van der Waals surface area contributed by atoms with Crippen molar-refractivity contribution in [1.29, 1.82) is 0 Å². The molecule has 0 atom stereocenters. The van der Waals surface area contributed by atoms with Gasteiger partial charge in [-0.2, -0.15) is 0 Å². The van der Waals surface area contributed by atoms with E-state index in [1.54, 1.807) is 0 Å². The minimum absolute atomic E-state index is 0.0992. The van der Waals surface area contributed by atoms with E-state index in [4.69, 9.17) is 4.42 Å². The Balaban J connectivity index is 2.23. The molecule has 0 saturated carbocycles. The molecule has 1 aromatic heterocycles. The quantitative estimate of drug-likeness (QED) is 0.667. The van der Waals surface area contributed by atoms with Crippen LogP contribution >= 0.6 is 0 Å². The molecule has 0 N–H and O–H groups in total. The standard InChI is InChI=1S/C17H13NO2/c1-12-7-5-6-10-14(12)17-16(18-15(11-19)20-17)13-8-3-2-4-9-13/h2-11H,1H3. The number of hydrogen-bond acceptors (Lipinski definition) is 3. The van der Waals surface area contributed by atoms with Gasteiger partial charge >= 0.3 is 0 Å². The highest BCUT2D eigenvalue weighted by molar-refractivity contribution is 5.81. The average Bonchev–Trinajstić information content (AvgIpc) is 2.93. The van der Waals surface area contributed by atoms with Crippen molar-refractivity contribution in [2.45, 2.75) is 6.92 Å². The van der Waals surface area contributed by atoms with Gasteiger partial charge in [-0.25, -0.2) is 4.98 Å². The van der Waals surface area contributed by atoms with Gasteiger partial charge in [0.1, 0.15) is 5.69 Å². The van der Waals surface area contributed by atoms with Crippen LogP contribution in [0, 0.1) is 6.92 Å². The summed E-state index contributed by atoms with van der Waals surface area (Å²) in [5.74, 6) is 0.735. The highest BCUT2D eigenvalue weighted by Gasteiger charge is 2.17. The van der Waals surface area contributed by atoms with Crippen molar-refractivity contribution in [3.8, 4) is 22.6 Å². The lowest BCUT2D eigenvalue weighted by molar-refractivity contribution is 0.109. The summed E-state index contributed by atoms with van der Waals surface area (Å²) in [4.78, 5) is 15.2. The van der Waals surface area contributed by atoms with Crippen molar-refractivity contribution in [1.82, 2.24) is 4.98 Å². The lowest BCUT2D eigenvalue weighted by atomic mass is 10.0. The lowest BCUT2D eigenvalue weighted by Crippen LogP contribution is -1.85. The fraction of sp³-hybridized carbons (Fsp3) is 0.0588. The van der Waals surface area contributed by atoms with E-state index < -0.39 is 0 Å². The lowest BCUT2D eigenvalue weighted by Gasteiger charge is -2.04. The number of oxazole rings is 1. The highest BCUT2D eigenvalue weighted by atomic mass is 16.4. The largest absolute Gasteiger partial charge is 0.433 e. The Kier molecular flexibility index (Phi) is 3.17. The van der Waals surface area contributed by atoms with Gasteiger partial charge in [0.15, 0.2) is 5.76 Å². The number of carbonyl (C=O) groups is 1. The van der Waals surface area contributed by atoms with Crippen LogP contribution < -0.4 is 0 Å². The van der Waals surface area contributed by atoms with Crippen molar-refractivity contribution in [3.05, 3.63) is 66.1 Å². The monoisotopic (exact) mass is 263 g/mol. The van der Waals surface area contributed by atoms with Gasteiger partial charge in [-0.1, -0.05) is 54.6 Å². The predicted octanol–water partition coefficient (Wildman–Crippen LogP) is 4.13.